The van der Waals surface area contributed by atoms with Crippen LogP contribution in [0.3, 0.4) is 0 Å². The van der Waals surface area contributed by atoms with Gasteiger partial charge in [0.2, 0.25) is 11.8 Å². The van der Waals surface area contributed by atoms with E-state index < -0.39 is 0 Å². The third-order valence-electron chi connectivity index (χ3n) is 4.61. The van der Waals surface area contributed by atoms with Crippen LogP contribution in [0, 0.1) is 5.92 Å². The van der Waals surface area contributed by atoms with Gasteiger partial charge < -0.3 is 15.1 Å². The van der Waals surface area contributed by atoms with Crippen molar-refractivity contribution >= 4 is 24.2 Å². The number of hydrogen-bond donors (Lipinski definition) is 1. The van der Waals surface area contributed by atoms with E-state index in [4.69, 9.17) is 0 Å². The molecule has 6 heteroatoms. The Kier molecular flexibility index (Phi) is 7.46. The van der Waals surface area contributed by atoms with Gasteiger partial charge >= 0.3 is 0 Å². The summed E-state index contributed by atoms with van der Waals surface area (Å²) in [6.45, 7) is 7.81. The molecule has 2 fully saturated rings. The largest absolute Gasteiger partial charge is 0.340 e. The lowest BCUT2D eigenvalue weighted by Crippen LogP contribution is -2.58. The number of piperidine rings is 1. The zero-order chi connectivity index (χ0) is 14.5. The summed E-state index contributed by atoms with van der Waals surface area (Å²) >= 11 is 0. The van der Waals surface area contributed by atoms with E-state index in [0.717, 1.165) is 51.9 Å². The highest BCUT2D eigenvalue weighted by molar-refractivity contribution is 5.85. The Morgan fingerprint density at radius 3 is 2.67 bits per heavy atom. The molecule has 0 aromatic carbocycles. The second kappa shape index (κ2) is 8.59. The van der Waals surface area contributed by atoms with Gasteiger partial charge in [-0.1, -0.05) is 13.8 Å². The van der Waals surface area contributed by atoms with Crippen molar-refractivity contribution in [1.29, 1.82) is 0 Å². The first-order valence-corrected chi connectivity index (χ1v) is 7.96. The maximum atomic E-state index is 12.5. The van der Waals surface area contributed by atoms with Crippen molar-refractivity contribution in [3.63, 3.8) is 0 Å². The first-order chi connectivity index (χ1) is 9.67. The molecular weight excluding hydrogens is 290 g/mol. The lowest BCUT2D eigenvalue weighted by molar-refractivity contribution is -0.142. The number of halogens is 1. The molecule has 2 rings (SSSR count). The van der Waals surface area contributed by atoms with Gasteiger partial charge in [-0.25, -0.2) is 0 Å². The van der Waals surface area contributed by atoms with Crippen LogP contribution in [0.1, 0.15) is 39.5 Å². The highest BCUT2D eigenvalue weighted by atomic mass is 35.5. The van der Waals surface area contributed by atoms with Crippen LogP contribution in [-0.2, 0) is 9.59 Å². The minimum atomic E-state index is 0. The first kappa shape index (κ1) is 18.2. The Labute approximate surface area is 133 Å². The molecular formula is C15H28ClN3O2. The summed E-state index contributed by atoms with van der Waals surface area (Å²) in [6.07, 6.45) is 3.85. The van der Waals surface area contributed by atoms with Crippen molar-refractivity contribution in [2.24, 2.45) is 5.92 Å². The minimum absolute atomic E-state index is 0. The highest BCUT2D eigenvalue weighted by Gasteiger charge is 2.32. The molecule has 2 saturated heterocycles. The molecule has 2 aliphatic rings. The van der Waals surface area contributed by atoms with Crippen LogP contribution < -0.4 is 5.32 Å². The average molecular weight is 318 g/mol. The predicted octanol–water partition coefficient (Wildman–Crippen LogP) is 1.27. The minimum Gasteiger partial charge on any atom is -0.340 e. The lowest BCUT2D eigenvalue weighted by atomic mass is 9.97. The molecule has 2 amide bonds. The SMILES string of the molecule is CCC(CC)C(=O)N1CCCC(N2CCNCC2=O)C1.Cl. The van der Waals surface area contributed by atoms with Crippen molar-refractivity contribution < 1.29 is 9.59 Å². The second-order valence-corrected chi connectivity index (χ2v) is 5.86. The van der Waals surface area contributed by atoms with Gasteiger partial charge in [0.1, 0.15) is 0 Å². The Morgan fingerprint density at radius 1 is 1.33 bits per heavy atom. The molecule has 0 aromatic rings. The summed E-state index contributed by atoms with van der Waals surface area (Å²) in [5.41, 5.74) is 0. The maximum Gasteiger partial charge on any atom is 0.236 e. The second-order valence-electron chi connectivity index (χ2n) is 5.86. The van der Waals surface area contributed by atoms with Crippen molar-refractivity contribution in [1.82, 2.24) is 15.1 Å². The van der Waals surface area contributed by atoms with E-state index in [1.165, 1.54) is 0 Å². The molecule has 2 heterocycles. The number of carbonyl (C=O) groups is 2. The molecule has 0 spiro atoms. The molecule has 122 valence electrons. The quantitative estimate of drug-likeness (QED) is 0.849. The fourth-order valence-corrected chi connectivity index (χ4v) is 3.31. The predicted molar refractivity (Wildman–Crippen MR) is 85.5 cm³/mol. The van der Waals surface area contributed by atoms with Crippen LogP contribution in [0.15, 0.2) is 0 Å². The van der Waals surface area contributed by atoms with E-state index in [1.54, 1.807) is 0 Å². The van der Waals surface area contributed by atoms with Gasteiger partial charge in [-0.3, -0.25) is 9.59 Å². The number of nitrogens with zero attached hydrogens (tertiary/aromatic N) is 2. The van der Waals surface area contributed by atoms with Gasteiger partial charge in [0.25, 0.3) is 0 Å². The number of likely N-dealkylation sites (tertiary alicyclic amines) is 1. The zero-order valence-electron chi connectivity index (χ0n) is 13.1. The van der Waals surface area contributed by atoms with Gasteiger partial charge in [-0.15, -0.1) is 12.4 Å². The summed E-state index contributed by atoms with van der Waals surface area (Å²) in [5, 5.41) is 3.10. The van der Waals surface area contributed by atoms with Crippen molar-refractivity contribution in [2.45, 2.75) is 45.6 Å². The molecule has 1 atom stereocenters. The molecule has 0 radical (unpaired) electrons. The molecule has 0 bridgehead atoms. The Morgan fingerprint density at radius 2 is 2.05 bits per heavy atom. The summed E-state index contributed by atoms with van der Waals surface area (Å²) < 4.78 is 0. The van der Waals surface area contributed by atoms with E-state index in [1.807, 2.05) is 9.80 Å². The zero-order valence-corrected chi connectivity index (χ0v) is 14.0. The van der Waals surface area contributed by atoms with E-state index in [0.29, 0.717) is 6.54 Å². The van der Waals surface area contributed by atoms with Crippen molar-refractivity contribution in [3.8, 4) is 0 Å². The maximum absolute atomic E-state index is 12.5. The summed E-state index contributed by atoms with van der Waals surface area (Å²) in [5.74, 6) is 0.604. The third kappa shape index (κ3) is 4.33. The van der Waals surface area contributed by atoms with Gasteiger partial charge in [0.05, 0.1) is 6.54 Å². The lowest BCUT2D eigenvalue weighted by Gasteiger charge is -2.41. The fourth-order valence-electron chi connectivity index (χ4n) is 3.31. The number of hydrogen-bond acceptors (Lipinski definition) is 3. The van der Waals surface area contributed by atoms with Gasteiger partial charge in [0, 0.05) is 38.1 Å². The first-order valence-electron chi connectivity index (χ1n) is 7.96. The van der Waals surface area contributed by atoms with Crippen LogP contribution in [-0.4, -0.2) is 60.4 Å². The molecule has 0 saturated carbocycles. The smallest absolute Gasteiger partial charge is 0.236 e. The van der Waals surface area contributed by atoms with Crippen LogP contribution in [0.4, 0.5) is 0 Å². The van der Waals surface area contributed by atoms with Gasteiger partial charge in [-0.2, -0.15) is 0 Å². The average Bonchev–Trinajstić information content (AvgIpc) is 2.49. The number of rotatable bonds is 4. The highest BCUT2D eigenvalue weighted by Crippen LogP contribution is 2.20. The van der Waals surface area contributed by atoms with Crippen LogP contribution >= 0.6 is 12.4 Å². The molecule has 0 aromatic heterocycles. The van der Waals surface area contributed by atoms with Crippen LogP contribution in [0.2, 0.25) is 0 Å². The molecule has 5 nitrogen and oxygen atoms in total. The molecule has 21 heavy (non-hydrogen) atoms. The van der Waals surface area contributed by atoms with E-state index in [9.17, 15) is 9.59 Å². The van der Waals surface area contributed by atoms with E-state index >= 15 is 0 Å². The van der Waals surface area contributed by atoms with Crippen molar-refractivity contribution in [2.75, 3.05) is 32.7 Å². The molecule has 0 aliphatic carbocycles. The van der Waals surface area contributed by atoms with E-state index in [2.05, 4.69) is 19.2 Å². The molecule has 2 aliphatic heterocycles. The Bertz CT molecular complexity index is 361. The normalized spacial score (nSPS) is 23.2. The van der Waals surface area contributed by atoms with Crippen LogP contribution in [0.5, 0.6) is 0 Å². The topological polar surface area (TPSA) is 52.7 Å². The van der Waals surface area contributed by atoms with Crippen LogP contribution in [0.25, 0.3) is 0 Å². The van der Waals surface area contributed by atoms with Crippen molar-refractivity contribution in [3.05, 3.63) is 0 Å². The molecule has 1 N–H and O–H groups in total. The fraction of sp³-hybridized carbons (Fsp3) is 0.867. The Balaban J connectivity index is 0.00000220. The van der Waals surface area contributed by atoms with E-state index in [-0.39, 0.29) is 36.2 Å². The monoisotopic (exact) mass is 317 g/mol. The number of piperazine rings is 1. The Hall–Kier alpha value is -0.810. The number of amides is 2. The molecule has 1 unspecified atom stereocenters. The summed E-state index contributed by atoms with van der Waals surface area (Å²) in [7, 11) is 0. The van der Waals surface area contributed by atoms with Gasteiger partial charge in [-0.05, 0) is 25.7 Å². The van der Waals surface area contributed by atoms with Gasteiger partial charge in [0.15, 0.2) is 0 Å². The third-order valence-corrected chi connectivity index (χ3v) is 4.61. The summed E-state index contributed by atoms with van der Waals surface area (Å²) in [4.78, 5) is 28.4. The number of nitrogens with one attached hydrogen (secondary N) is 1. The standard InChI is InChI=1S/C15H27N3O2.ClH/c1-3-12(4-2)15(20)17-8-5-6-13(11-17)18-9-7-16-10-14(18)19;/h12-13,16H,3-11H2,1-2H3;1H. The summed E-state index contributed by atoms with van der Waals surface area (Å²) in [6, 6.07) is 0.219. The number of carbonyl (C=O) groups excluding carboxylic acids is 2.